The van der Waals surface area contributed by atoms with Crippen molar-refractivity contribution >= 4 is 16.1 Å². The second kappa shape index (κ2) is 5.44. The molecule has 7 nitrogen and oxygen atoms in total. The Balaban J connectivity index is 1.48. The van der Waals surface area contributed by atoms with Gasteiger partial charge in [0.25, 0.3) is 0 Å². The highest BCUT2D eigenvalue weighted by molar-refractivity contribution is 7.88. The molecular weight excluding hydrogens is 332 g/mol. The average Bonchev–Trinajstić information content (AvgIpc) is 3.06. The number of ether oxygens (including phenoxy) is 2. The van der Waals surface area contributed by atoms with E-state index in [9.17, 15) is 13.2 Å². The van der Waals surface area contributed by atoms with Gasteiger partial charge in [-0.15, -0.1) is 0 Å². The molecule has 24 heavy (non-hydrogen) atoms. The minimum atomic E-state index is -3.28. The number of rotatable bonds is 3. The highest BCUT2D eigenvalue weighted by Crippen LogP contribution is 2.53. The molecule has 3 aliphatic heterocycles. The zero-order chi connectivity index (χ0) is 16.9. The third-order valence-electron chi connectivity index (χ3n) is 5.38. The van der Waals surface area contributed by atoms with Crippen molar-refractivity contribution in [1.29, 1.82) is 0 Å². The molecule has 0 aromatic heterocycles. The molecule has 3 unspecified atom stereocenters. The van der Waals surface area contributed by atoms with E-state index in [1.54, 1.807) is 4.90 Å². The second-order valence-electron chi connectivity index (χ2n) is 6.78. The van der Waals surface area contributed by atoms with Gasteiger partial charge in [0.05, 0.1) is 37.0 Å². The van der Waals surface area contributed by atoms with Gasteiger partial charge >= 0.3 is 6.09 Å². The van der Waals surface area contributed by atoms with Gasteiger partial charge in [-0.25, -0.2) is 13.2 Å². The number of carbonyl (C=O) groups is 1. The predicted octanol–water partition coefficient (Wildman–Crippen LogP) is 0.668. The Hall–Kier alpha value is -1.64. The third-order valence-corrected chi connectivity index (χ3v) is 6.59. The summed E-state index contributed by atoms with van der Waals surface area (Å²) in [4.78, 5) is 14.2. The van der Waals surface area contributed by atoms with E-state index in [1.807, 2.05) is 30.3 Å². The van der Waals surface area contributed by atoms with Crippen LogP contribution in [0.1, 0.15) is 5.56 Å². The van der Waals surface area contributed by atoms with Gasteiger partial charge in [0.15, 0.2) is 0 Å². The van der Waals surface area contributed by atoms with Crippen LogP contribution < -0.4 is 0 Å². The van der Waals surface area contributed by atoms with Gasteiger partial charge in [-0.1, -0.05) is 30.3 Å². The Kier molecular flexibility index (Phi) is 3.59. The van der Waals surface area contributed by atoms with E-state index in [0.29, 0.717) is 26.3 Å². The standard InChI is InChI=1S/C16H20N2O5S/c1-24(20,21)17-7-13-16(10-17)11-22-9-14(16)18(13)15(19)23-8-12-5-3-2-4-6-12/h2-6,13-14H,7-11H2,1H3. The summed E-state index contributed by atoms with van der Waals surface area (Å²) in [5.74, 6) is 0. The van der Waals surface area contributed by atoms with E-state index in [2.05, 4.69) is 0 Å². The first-order chi connectivity index (χ1) is 11.4. The first-order valence-corrected chi connectivity index (χ1v) is 9.78. The molecule has 8 heteroatoms. The summed E-state index contributed by atoms with van der Waals surface area (Å²) >= 11 is 0. The van der Waals surface area contributed by atoms with Crippen LogP contribution in [0.5, 0.6) is 0 Å². The van der Waals surface area contributed by atoms with E-state index in [0.717, 1.165) is 5.56 Å². The van der Waals surface area contributed by atoms with Gasteiger partial charge < -0.3 is 9.47 Å². The molecule has 3 fully saturated rings. The van der Waals surface area contributed by atoms with Gasteiger partial charge in [-0.05, 0) is 5.56 Å². The van der Waals surface area contributed by atoms with Gasteiger partial charge in [0, 0.05) is 13.1 Å². The molecule has 1 spiro atoms. The summed E-state index contributed by atoms with van der Waals surface area (Å²) in [6.45, 7) is 1.88. The fraction of sp³-hybridized carbons (Fsp3) is 0.562. The molecule has 3 heterocycles. The maximum absolute atomic E-state index is 12.5. The summed E-state index contributed by atoms with van der Waals surface area (Å²) < 4.78 is 36.2. The number of likely N-dealkylation sites (tertiary alicyclic amines) is 1. The lowest BCUT2D eigenvalue weighted by atomic mass is 9.69. The van der Waals surface area contributed by atoms with E-state index in [-0.39, 0.29) is 24.1 Å². The minimum Gasteiger partial charge on any atom is -0.445 e. The van der Waals surface area contributed by atoms with Crippen LogP contribution in [0.25, 0.3) is 0 Å². The van der Waals surface area contributed by atoms with Crippen molar-refractivity contribution in [3.05, 3.63) is 35.9 Å². The molecule has 0 radical (unpaired) electrons. The lowest BCUT2D eigenvalue weighted by molar-refractivity contribution is -0.0647. The van der Waals surface area contributed by atoms with Crippen molar-refractivity contribution in [1.82, 2.24) is 9.21 Å². The normalized spacial score (nSPS) is 32.1. The summed E-state index contributed by atoms with van der Waals surface area (Å²) in [5, 5.41) is 0. The van der Waals surface area contributed by atoms with E-state index in [4.69, 9.17) is 9.47 Å². The zero-order valence-corrected chi connectivity index (χ0v) is 14.2. The van der Waals surface area contributed by atoms with Crippen molar-refractivity contribution in [2.75, 3.05) is 32.6 Å². The Bertz CT molecular complexity index is 753. The number of hydrogen-bond donors (Lipinski definition) is 0. The fourth-order valence-corrected chi connectivity index (χ4v) is 5.01. The van der Waals surface area contributed by atoms with Gasteiger partial charge in [-0.2, -0.15) is 4.31 Å². The minimum absolute atomic E-state index is 0.0995. The number of carbonyl (C=O) groups excluding carboxylic acids is 1. The highest BCUT2D eigenvalue weighted by atomic mass is 32.2. The van der Waals surface area contributed by atoms with Crippen LogP contribution in [-0.4, -0.2) is 68.4 Å². The maximum atomic E-state index is 12.5. The Morgan fingerprint density at radius 3 is 2.79 bits per heavy atom. The summed E-state index contributed by atoms with van der Waals surface area (Å²) in [7, 11) is -3.28. The maximum Gasteiger partial charge on any atom is 0.410 e. The summed E-state index contributed by atoms with van der Waals surface area (Å²) in [5.41, 5.74) is 0.652. The molecule has 3 saturated heterocycles. The molecule has 0 saturated carbocycles. The average molecular weight is 352 g/mol. The molecule has 0 N–H and O–H groups in total. The highest BCUT2D eigenvalue weighted by Gasteiger charge is 2.70. The van der Waals surface area contributed by atoms with Crippen LogP contribution in [0.4, 0.5) is 4.79 Å². The van der Waals surface area contributed by atoms with E-state index in [1.165, 1.54) is 10.6 Å². The first kappa shape index (κ1) is 15.9. The van der Waals surface area contributed by atoms with E-state index < -0.39 is 16.1 Å². The number of amides is 1. The van der Waals surface area contributed by atoms with Crippen molar-refractivity contribution in [3.8, 4) is 0 Å². The molecule has 0 aliphatic carbocycles. The monoisotopic (exact) mass is 352 g/mol. The van der Waals surface area contributed by atoms with Crippen molar-refractivity contribution < 1.29 is 22.7 Å². The number of hydrogen-bond acceptors (Lipinski definition) is 5. The number of benzene rings is 1. The molecule has 3 aliphatic rings. The van der Waals surface area contributed by atoms with Crippen LogP contribution in [0.2, 0.25) is 0 Å². The Morgan fingerprint density at radius 2 is 2.08 bits per heavy atom. The molecule has 1 aromatic rings. The lowest BCUT2D eigenvalue weighted by Gasteiger charge is -2.54. The molecule has 1 amide bonds. The first-order valence-electron chi connectivity index (χ1n) is 7.94. The summed E-state index contributed by atoms with van der Waals surface area (Å²) in [6, 6.07) is 9.22. The Labute approximate surface area is 141 Å². The molecule has 1 aromatic carbocycles. The quantitative estimate of drug-likeness (QED) is 0.799. The van der Waals surface area contributed by atoms with Crippen molar-refractivity contribution in [2.24, 2.45) is 5.41 Å². The van der Waals surface area contributed by atoms with Gasteiger partial charge in [0.1, 0.15) is 6.61 Å². The van der Waals surface area contributed by atoms with Crippen LogP contribution >= 0.6 is 0 Å². The summed E-state index contributed by atoms with van der Waals surface area (Å²) in [6.07, 6.45) is 0.808. The Morgan fingerprint density at radius 1 is 1.33 bits per heavy atom. The van der Waals surface area contributed by atoms with E-state index >= 15 is 0 Å². The topological polar surface area (TPSA) is 76.2 Å². The molecule has 0 bridgehead atoms. The molecule has 3 atom stereocenters. The third kappa shape index (κ3) is 2.32. The number of nitrogens with zero attached hydrogens (tertiary/aromatic N) is 2. The SMILES string of the molecule is CS(=O)(=O)N1CC2N(C(=O)OCc3ccccc3)C3COCC32C1. The van der Waals surface area contributed by atoms with Crippen molar-refractivity contribution in [2.45, 2.75) is 18.7 Å². The van der Waals surface area contributed by atoms with Gasteiger partial charge in [-0.3, -0.25) is 4.90 Å². The van der Waals surface area contributed by atoms with Gasteiger partial charge in [0.2, 0.25) is 10.0 Å². The largest absolute Gasteiger partial charge is 0.445 e. The molecular formula is C16H20N2O5S. The van der Waals surface area contributed by atoms with Crippen LogP contribution in [0.15, 0.2) is 30.3 Å². The van der Waals surface area contributed by atoms with Crippen LogP contribution in [0.3, 0.4) is 0 Å². The fourth-order valence-electron chi connectivity index (χ4n) is 4.12. The molecule has 130 valence electrons. The second-order valence-corrected chi connectivity index (χ2v) is 8.77. The van der Waals surface area contributed by atoms with Crippen molar-refractivity contribution in [3.63, 3.8) is 0 Å². The zero-order valence-electron chi connectivity index (χ0n) is 13.4. The molecule has 4 rings (SSSR count). The lowest BCUT2D eigenvalue weighted by Crippen LogP contribution is -2.72. The van der Waals surface area contributed by atoms with Crippen LogP contribution in [-0.2, 0) is 26.1 Å². The predicted molar refractivity (Wildman–Crippen MR) is 85.7 cm³/mol. The number of sulfonamides is 1. The van der Waals surface area contributed by atoms with Crippen LogP contribution in [0, 0.1) is 5.41 Å². The smallest absolute Gasteiger partial charge is 0.410 e.